The van der Waals surface area contributed by atoms with Crippen molar-refractivity contribution in [2.24, 2.45) is 0 Å². The third-order valence-electron chi connectivity index (χ3n) is 4.65. The van der Waals surface area contributed by atoms with Gasteiger partial charge in [-0.1, -0.05) is 0 Å². The minimum absolute atomic E-state index is 0.0000869. The molecular weight excluding hydrogens is 406 g/mol. The number of rotatable bonds is 7. The summed E-state index contributed by atoms with van der Waals surface area (Å²) in [5.41, 5.74) is 1.34. The number of hydrogen-bond acceptors (Lipinski definition) is 5. The second-order valence-electron chi connectivity index (χ2n) is 6.92. The molecule has 1 aliphatic rings. The molecule has 0 radical (unpaired) electrons. The highest BCUT2D eigenvalue weighted by Gasteiger charge is 2.30. The van der Waals surface area contributed by atoms with Gasteiger partial charge in [0.25, 0.3) is 5.91 Å². The summed E-state index contributed by atoms with van der Waals surface area (Å²) in [6.07, 6.45) is 1.63. The van der Waals surface area contributed by atoms with Crippen LogP contribution in [0, 0.1) is 0 Å². The van der Waals surface area contributed by atoms with E-state index < -0.39 is 15.9 Å². The number of amides is 2. The zero-order valence-corrected chi connectivity index (χ0v) is 17.8. The van der Waals surface area contributed by atoms with Gasteiger partial charge in [-0.15, -0.1) is 0 Å². The highest BCUT2D eigenvalue weighted by molar-refractivity contribution is 7.89. The topological polar surface area (TPSA) is 105 Å². The Bertz CT molecular complexity index is 1030. The quantitative estimate of drug-likeness (QED) is 0.701. The van der Waals surface area contributed by atoms with Crippen molar-refractivity contribution in [1.82, 2.24) is 4.31 Å². The van der Waals surface area contributed by atoms with Gasteiger partial charge >= 0.3 is 0 Å². The third-order valence-corrected chi connectivity index (χ3v) is 6.57. The van der Waals surface area contributed by atoms with Gasteiger partial charge in [0.15, 0.2) is 0 Å². The third kappa shape index (κ3) is 4.98. The molecule has 0 unspecified atom stereocenters. The lowest BCUT2D eigenvalue weighted by atomic mass is 10.2. The van der Waals surface area contributed by atoms with E-state index in [2.05, 4.69) is 10.6 Å². The van der Waals surface area contributed by atoms with Crippen LogP contribution in [0.1, 0.15) is 37.0 Å². The maximum Gasteiger partial charge on any atom is 0.255 e. The smallest absolute Gasteiger partial charge is 0.255 e. The SMILES string of the molecule is CCOc1ccc(C(=O)Nc2ccc(NC(C)=O)cc2)cc1S(=O)(=O)N1CCCC1. The van der Waals surface area contributed by atoms with Gasteiger partial charge < -0.3 is 15.4 Å². The Kier molecular flexibility index (Phi) is 6.73. The first-order chi connectivity index (χ1) is 14.3. The van der Waals surface area contributed by atoms with Gasteiger partial charge in [0.05, 0.1) is 6.61 Å². The molecule has 3 rings (SSSR count). The number of ether oxygens (including phenoxy) is 1. The van der Waals surface area contributed by atoms with Gasteiger partial charge in [-0.25, -0.2) is 8.42 Å². The van der Waals surface area contributed by atoms with Gasteiger partial charge in [-0.05, 0) is 62.2 Å². The molecule has 160 valence electrons. The number of anilines is 2. The van der Waals surface area contributed by atoms with Crippen LogP contribution in [0.2, 0.25) is 0 Å². The standard InChI is InChI=1S/C21H25N3O5S/c1-3-29-19-11-6-16(14-20(19)30(27,28)24-12-4-5-13-24)21(26)23-18-9-7-17(8-10-18)22-15(2)25/h6-11,14H,3-5,12-13H2,1-2H3,(H,22,25)(H,23,26). The van der Waals surface area contributed by atoms with Crippen molar-refractivity contribution in [1.29, 1.82) is 0 Å². The Labute approximate surface area is 176 Å². The van der Waals surface area contributed by atoms with E-state index in [1.165, 1.54) is 29.4 Å². The summed E-state index contributed by atoms with van der Waals surface area (Å²) in [4.78, 5) is 23.8. The summed E-state index contributed by atoms with van der Waals surface area (Å²) < 4.78 is 33.1. The van der Waals surface area contributed by atoms with Crippen molar-refractivity contribution in [3.63, 3.8) is 0 Å². The van der Waals surface area contributed by atoms with Crippen LogP contribution in [0.4, 0.5) is 11.4 Å². The minimum Gasteiger partial charge on any atom is -0.492 e. The largest absolute Gasteiger partial charge is 0.492 e. The molecule has 0 spiro atoms. The van der Waals surface area contributed by atoms with E-state index in [1.54, 1.807) is 31.2 Å². The number of benzene rings is 2. The van der Waals surface area contributed by atoms with E-state index >= 15 is 0 Å². The van der Waals surface area contributed by atoms with Crippen LogP contribution in [-0.4, -0.2) is 44.2 Å². The van der Waals surface area contributed by atoms with E-state index in [0.717, 1.165) is 12.8 Å². The molecule has 1 heterocycles. The van der Waals surface area contributed by atoms with Crippen molar-refractivity contribution in [2.75, 3.05) is 30.3 Å². The molecule has 1 fully saturated rings. The number of carbonyl (C=O) groups is 2. The van der Waals surface area contributed by atoms with Gasteiger partial charge in [0, 0.05) is 37.0 Å². The zero-order valence-electron chi connectivity index (χ0n) is 17.0. The molecule has 1 aliphatic heterocycles. The van der Waals surface area contributed by atoms with Gasteiger partial charge in [0.2, 0.25) is 15.9 Å². The fourth-order valence-corrected chi connectivity index (χ4v) is 4.91. The van der Waals surface area contributed by atoms with Crippen LogP contribution in [0.3, 0.4) is 0 Å². The number of carbonyl (C=O) groups excluding carboxylic acids is 2. The molecule has 2 amide bonds. The van der Waals surface area contributed by atoms with Crippen LogP contribution in [0.15, 0.2) is 47.4 Å². The number of nitrogens with zero attached hydrogens (tertiary/aromatic N) is 1. The Morgan fingerprint density at radius 3 is 2.17 bits per heavy atom. The fourth-order valence-electron chi connectivity index (χ4n) is 3.24. The molecule has 2 aromatic carbocycles. The molecule has 9 heteroatoms. The molecule has 2 N–H and O–H groups in total. The zero-order chi connectivity index (χ0) is 21.7. The van der Waals surface area contributed by atoms with Crippen molar-refractivity contribution in [2.45, 2.75) is 31.6 Å². The predicted octanol–water partition coefficient (Wildman–Crippen LogP) is 3.08. The van der Waals surface area contributed by atoms with Crippen molar-refractivity contribution in [3.8, 4) is 5.75 Å². The highest BCUT2D eigenvalue weighted by atomic mass is 32.2. The second kappa shape index (κ2) is 9.27. The van der Waals surface area contributed by atoms with E-state index in [-0.39, 0.29) is 22.1 Å². The second-order valence-corrected chi connectivity index (χ2v) is 8.82. The summed E-state index contributed by atoms with van der Waals surface area (Å²) >= 11 is 0. The molecule has 0 aliphatic carbocycles. The normalized spacial score (nSPS) is 14.3. The summed E-state index contributed by atoms with van der Waals surface area (Å²) in [7, 11) is -3.75. The first kappa shape index (κ1) is 21.8. The van der Waals surface area contributed by atoms with Gasteiger partial charge in [-0.3, -0.25) is 9.59 Å². The number of sulfonamides is 1. The van der Waals surface area contributed by atoms with E-state index in [9.17, 15) is 18.0 Å². The lowest BCUT2D eigenvalue weighted by molar-refractivity contribution is -0.114. The predicted molar refractivity (Wildman–Crippen MR) is 114 cm³/mol. The fraction of sp³-hybridized carbons (Fsp3) is 0.333. The lowest BCUT2D eigenvalue weighted by Gasteiger charge is -2.19. The van der Waals surface area contributed by atoms with Crippen LogP contribution < -0.4 is 15.4 Å². The first-order valence-electron chi connectivity index (χ1n) is 9.77. The molecule has 0 aromatic heterocycles. The molecule has 0 saturated carbocycles. The van der Waals surface area contributed by atoms with Crippen LogP contribution in [-0.2, 0) is 14.8 Å². The Balaban J connectivity index is 1.85. The van der Waals surface area contributed by atoms with Crippen molar-refractivity contribution in [3.05, 3.63) is 48.0 Å². The monoisotopic (exact) mass is 431 g/mol. The molecule has 30 heavy (non-hydrogen) atoms. The van der Waals surface area contributed by atoms with E-state index in [4.69, 9.17) is 4.74 Å². The minimum atomic E-state index is -3.75. The highest BCUT2D eigenvalue weighted by Crippen LogP contribution is 2.30. The molecule has 1 saturated heterocycles. The average Bonchev–Trinajstić information content (AvgIpc) is 3.25. The average molecular weight is 432 g/mol. The maximum absolute atomic E-state index is 13.1. The van der Waals surface area contributed by atoms with Crippen LogP contribution >= 0.6 is 0 Å². The first-order valence-corrected chi connectivity index (χ1v) is 11.2. The molecular formula is C21H25N3O5S. The van der Waals surface area contributed by atoms with Crippen molar-refractivity contribution < 1.29 is 22.7 Å². The van der Waals surface area contributed by atoms with Gasteiger partial charge in [-0.2, -0.15) is 4.31 Å². The van der Waals surface area contributed by atoms with Crippen LogP contribution in [0.25, 0.3) is 0 Å². The van der Waals surface area contributed by atoms with E-state index in [0.29, 0.717) is 31.1 Å². The van der Waals surface area contributed by atoms with Gasteiger partial charge in [0.1, 0.15) is 10.6 Å². The Hall–Kier alpha value is -2.91. The van der Waals surface area contributed by atoms with E-state index in [1.807, 2.05) is 0 Å². The summed E-state index contributed by atoms with van der Waals surface area (Å²) in [5.74, 6) is -0.392. The molecule has 2 aromatic rings. The summed E-state index contributed by atoms with van der Waals surface area (Å²) in [6.45, 7) is 4.43. The van der Waals surface area contributed by atoms with Crippen molar-refractivity contribution >= 4 is 33.2 Å². The lowest BCUT2D eigenvalue weighted by Crippen LogP contribution is -2.28. The summed E-state index contributed by atoms with van der Waals surface area (Å²) in [6, 6.07) is 11.0. The Morgan fingerprint density at radius 2 is 1.60 bits per heavy atom. The molecule has 0 atom stereocenters. The summed E-state index contributed by atoms with van der Waals surface area (Å²) in [5, 5.41) is 5.39. The molecule has 0 bridgehead atoms. The number of hydrogen-bond donors (Lipinski definition) is 2. The van der Waals surface area contributed by atoms with Crippen LogP contribution in [0.5, 0.6) is 5.75 Å². The molecule has 8 nitrogen and oxygen atoms in total. The maximum atomic E-state index is 13.1. The number of nitrogens with one attached hydrogen (secondary N) is 2. The Morgan fingerprint density at radius 1 is 1.00 bits per heavy atom.